The Morgan fingerprint density at radius 2 is 2.05 bits per heavy atom. The number of amides is 1. The number of nitriles is 1. The number of thiophene rings is 1. The van der Waals surface area contributed by atoms with Gasteiger partial charge < -0.3 is 5.32 Å². The molecular formula is C17H24N2OS. The van der Waals surface area contributed by atoms with E-state index in [-0.39, 0.29) is 11.5 Å². The Kier molecular flexibility index (Phi) is 8.45. The molecule has 1 aromatic rings. The van der Waals surface area contributed by atoms with Gasteiger partial charge >= 0.3 is 0 Å². The van der Waals surface area contributed by atoms with Crippen molar-refractivity contribution >= 4 is 23.3 Å². The van der Waals surface area contributed by atoms with Crippen LogP contribution in [-0.4, -0.2) is 12.5 Å². The minimum atomic E-state index is -0.265. The predicted octanol–water partition coefficient (Wildman–Crippen LogP) is 4.44. The van der Waals surface area contributed by atoms with Gasteiger partial charge in [-0.25, -0.2) is 0 Å². The second-order valence-electron chi connectivity index (χ2n) is 5.16. The third-order valence-electron chi connectivity index (χ3n) is 3.36. The number of unbranched alkanes of at least 4 members (excludes halogenated alkanes) is 5. The lowest BCUT2D eigenvalue weighted by atomic mass is 10.1. The fraction of sp³-hybridized carbons (Fsp3) is 0.529. The van der Waals surface area contributed by atoms with Gasteiger partial charge in [-0.15, -0.1) is 11.3 Å². The summed E-state index contributed by atoms with van der Waals surface area (Å²) in [6.45, 7) is 4.82. The number of hydrogen-bond acceptors (Lipinski definition) is 3. The van der Waals surface area contributed by atoms with Gasteiger partial charge in [-0.05, 0) is 36.4 Å². The molecule has 114 valence electrons. The third-order valence-corrected chi connectivity index (χ3v) is 4.32. The van der Waals surface area contributed by atoms with Gasteiger partial charge in [0, 0.05) is 11.4 Å². The first kappa shape index (κ1) is 17.5. The molecule has 1 rings (SSSR count). The zero-order valence-electron chi connectivity index (χ0n) is 12.9. The zero-order valence-corrected chi connectivity index (χ0v) is 13.8. The number of nitrogens with one attached hydrogen (secondary N) is 1. The van der Waals surface area contributed by atoms with Crippen LogP contribution >= 0.6 is 11.3 Å². The normalized spacial score (nSPS) is 11.2. The van der Waals surface area contributed by atoms with Gasteiger partial charge in [0.05, 0.1) is 0 Å². The van der Waals surface area contributed by atoms with Crippen molar-refractivity contribution < 1.29 is 4.79 Å². The summed E-state index contributed by atoms with van der Waals surface area (Å²) in [4.78, 5) is 12.9. The van der Waals surface area contributed by atoms with Crippen molar-refractivity contribution in [3.63, 3.8) is 0 Å². The molecule has 0 aliphatic heterocycles. The Labute approximate surface area is 131 Å². The molecule has 0 aliphatic rings. The van der Waals surface area contributed by atoms with Crippen molar-refractivity contribution in [2.24, 2.45) is 0 Å². The second-order valence-corrected chi connectivity index (χ2v) is 6.11. The van der Waals surface area contributed by atoms with Crippen LogP contribution in [0.25, 0.3) is 6.08 Å². The standard InChI is InChI=1S/C17H24N2OS/c1-3-4-5-6-7-8-10-19-17(20)15(13-18)12-16-14(2)9-11-21-16/h9,11-12H,3-8,10H2,1-2H3,(H,19,20). The summed E-state index contributed by atoms with van der Waals surface area (Å²) in [5.41, 5.74) is 1.28. The topological polar surface area (TPSA) is 52.9 Å². The number of carbonyl (C=O) groups is 1. The molecule has 4 heteroatoms. The lowest BCUT2D eigenvalue weighted by Gasteiger charge is -2.04. The van der Waals surface area contributed by atoms with E-state index in [1.54, 1.807) is 17.4 Å². The highest BCUT2D eigenvalue weighted by Gasteiger charge is 2.09. The summed E-state index contributed by atoms with van der Waals surface area (Å²) in [7, 11) is 0. The molecule has 0 atom stereocenters. The molecule has 0 aliphatic carbocycles. The summed E-state index contributed by atoms with van der Waals surface area (Å²) in [5, 5.41) is 13.9. The molecule has 3 nitrogen and oxygen atoms in total. The number of carbonyl (C=O) groups excluding carboxylic acids is 1. The highest BCUT2D eigenvalue weighted by molar-refractivity contribution is 7.11. The van der Waals surface area contributed by atoms with Crippen LogP contribution in [0.3, 0.4) is 0 Å². The molecule has 21 heavy (non-hydrogen) atoms. The van der Waals surface area contributed by atoms with E-state index in [2.05, 4.69) is 12.2 Å². The highest BCUT2D eigenvalue weighted by Crippen LogP contribution is 2.19. The summed E-state index contributed by atoms with van der Waals surface area (Å²) < 4.78 is 0. The summed E-state index contributed by atoms with van der Waals surface area (Å²) in [6.07, 6.45) is 8.81. The van der Waals surface area contributed by atoms with Gasteiger partial charge in [0.25, 0.3) is 5.91 Å². The SMILES string of the molecule is CCCCCCCCNC(=O)C(C#N)=Cc1sccc1C. The van der Waals surface area contributed by atoms with E-state index in [0.717, 1.165) is 23.3 Å². The van der Waals surface area contributed by atoms with Crippen LogP contribution in [0.15, 0.2) is 17.0 Å². The zero-order chi connectivity index (χ0) is 15.5. The first-order valence-electron chi connectivity index (χ1n) is 7.63. The van der Waals surface area contributed by atoms with Gasteiger partial charge in [0.15, 0.2) is 0 Å². The number of nitrogens with zero attached hydrogens (tertiary/aromatic N) is 1. The molecule has 0 saturated heterocycles. The summed E-state index contributed by atoms with van der Waals surface area (Å²) in [6, 6.07) is 3.98. The third kappa shape index (κ3) is 6.59. The molecule has 0 fully saturated rings. The van der Waals surface area contributed by atoms with E-state index >= 15 is 0 Å². The van der Waals surface area contributed by atoms with E-state index in [1.807, 2.05) is 24.4 Å². The Morgan fingerprint density at radius 1 is 1.33 bits per heavy atom. The van der Waals surface area contributed by atoms with Gasteiger partial charge in [-0.2, -0.15) is 5.26 Å². The maximum Gasteiger partial charge on any atom is 0.261 e. The smallest absolute Gasteiger partial charge is 0.261 e. The molecule has 0 aromatic carbocycles. The molecule has 1 amide bonds. The van der Waals surface area contributed by atoms with Crippen molar-refractivity contribution in [2.45, 2.75) is 52.4 Å². The Hall–Kier alpha value is -1.60. The van der Waals surface area contributed by atoms with Crippen LogP contribution in [0.5, 0.6) is 0 Å². The Balaban J connectivity index is 2.35. The molecule has 0 bridgehead atoms. The fourth-order valence-corrected chi connectivity index (χ4v) is 2.87. The lowest BCUT2D eigenvalue weighted by Crippen LogP contribution is -2.25. The number of rotatable bonds is 9. The Bertz CT molecular complexity index is 511. The first-order chi connectivity index (χ1) is 10.2. The van der Waals surface area contributed by atoms with Gasteiger partial charge in [0.1, 0.15) is 11.6 Å². The van der Waals surface area contributed by atoms with Gasteiger partial charge in [-0.1, -0.05) is 39.0 Å². The van der Waals surface area contributed by atoms with E-state index in [0.29, 0.717) is 6.54 Å². The monoisotopic (exact) mass is 304 g/mol. The summed E-state index contributed by atoms with van der Waals surface area (Å²) in [5.74, 6) is -0.265. The molecule has 1 aromatic heterocycles. The number of aryl methyl sites for hydroxylation is 1. The molecule has 1 heterocycles. The van der Waals surface area contributed by atoms with E-state index < -0.39 is 0 Å². The maximum absolute atomic E-state index is 11.9. The van der Waals surface area contributed by atoms with Crippen LogP contribution in [-0.2, 0) is 4.79 Å². The fourth-order valence-electron chi connectivity index (χ4n) is 2.01. The van der Waals surface area contributed by atoms with Crippen LogP contribution in [0.2, 0.25) is 0 Å². The second kappa shape index (κ2) is 10.2. The number of hydrogen-bond donors (Lipinski definition) is 1. The van der Waals surface area contributed by atoms with Crippen molar-refractivity contribution in [1.29, 1.82) is 5.26 Å². The van der Waals surface area contributed by atoms with Crippen molar-refractivity contribution in [3.8, 4) is 6.07 Å². The average molecular weight is 304 g/mol. The van der Waals surface area contributed by atoms with E-state index in [9.17, 15) is 4.79 Å². The van der Waals surface area contributed by atoms with Crippen molar-refractivity contribution in [3.05, 3.63) is 27.5 Å². The molecule has 0 unspecified atom stereocenters. The largest absolute Gasteiger partial charge is 0.351 e. The molecule has 1 N–H and O–H groups in total. The van der Waals surface area contributed by atoms with Crippen molar-refractivity contribution in [2.75, 3.05) is 6.54 Å². The van der Waals surface area contributed by atoms with Crippen LogP contribution in [0, 0.1) is 18.3 Å². The minimum absolute atomic E-state index is 0.187. The molecule has 0 radical (unpaired) electrons. The first-order valence-corrected chi connectivity index (χ1v) is 8.51. The highest BCUT2D eigenvalue weighted by atomic mass is 32.1. The summed E-state index contributed by atoms with van der Waals surface area (Å²) >= 11 is 1.54. The predicted molar refractivity (Wildman–Crippen MR) is 89.0 cm³/mol. The molecule has 0 saturated carbocycles. The molecule has 0 spiro atoms. The van der Waals surface area contributed by atoms with E-state index in [4.69, 9.17) is 5.26 Å². The molecular weight excluding hydrogens is 280 g/mol. The van der Waals surface area contributed by atoms with Crippen LogP contribution in [0.4, 0.5) is 0 Å². The minimum Gasteiger partial charge on any atom is -0.351 e. The van der Waals surface area contributed by atoms with E-state index in [1.165, 1.54) is 25.7 Å². The van der Waals surface area contributed by atoms with Gasteiger partial charge in [-0.3, -0.25) is 4.79 Å². The lowest BCUT2D eigenvalue weighted by molar-refractivity contribution is -0.117. The van der Waals surface area contributed by atoms with Crippen molar-refractivity contribution in [1.82, 2.24) is 5.32 Å². The average Bonchev–Trinajstić information content (AvgIpc) is 2.88. The van der Waals surface area contributed by atoms with Gasteiger partial charge in [0.2, 0.25) is 0 Å². The Morgan fingerprint density at radius 3 is 2.67 bits per heavy atom. The quantitative estimate of drug-likeness (QED) is 0.416. The van der Waals surface area contributed by atoms with Crippen LogP contribution in [0.1, 0.15) is 55.9 Å². The van der Waals surface area contributed by atoms with Crippen LogP contribution < -0.4 is 5.32 Å². The maximum atomic E-state index is 11.9.